The fourth-order valence-corrected chi connectivity index (χ4v) is 6.69. The SMILES string of the molecule is CN(CC(CCN1CCC(C(=O)c2nc3ccccc3n2CCOCc2ccco2)CC1)c1cccc(Cl)c1)C(=O)c1ccccc1. The molecule has 47 heavy (non-hydrogen) atoms. The summed E-state index contributed by atoms with van der Waals surface area (Å²) < 4.78 is 13.2. The van der Waals surface area contributed by atoms with E-state index in [4.69, 9.17) is 25.7 Å². The molecular weight excluding hydrogens is 612 g/mol. The number of rotatable bonds is 14. The van der Waals surface area contributed by atoms with Crippen LogP contribution < -0.4 is 0 Å². The number of benzene rings is 3. The third-order valence-electron chi connectivity index (χ3n) is 9.09. The first-order valence-corrected chi connectivity index (χ1v) is 16.7. The van der Waals surface area contributed by atoms with Crippen molar-refractivity contribution in [1.82, 2.24) is 19.4 Å². The van der Waals surface area contributed by atoms with Gasteiger partial charge in [-0.3, -0.25) is 9.59 Å². The number of amides is 1. The number of hydrogen-bond donors (Lipinski definition) is 0. The van der Waals surface area contributed by atoms with E-state index in [0.717, 1.165) is 61.3 Å². The summed E-state index contributed by atoms with van der Waals surface area (Å²) in [6.07, 6.45) is 4.07. The van der Waals surface area contributed by atoms with Gasteiger partial charge in [-0.2, -0.15) is 0 Å². The number of para-hydroxylation sites is 2. The molecule has 3 aromatic carbocycles. The Morgan fingerprint density at radius 3 is 2.53 bits per heavy atom. The first-order valence-electron chi connectivity index (χ1n) is 16.3. The van der Waals surface area contributed by atoms with Crippen LogP contribution in [0.15, 0.2) is 102 Å². The highest BCUT2D eigenvalue weighted by molar-refractivity contribution is 6.30. The van der Waals surface area contributed by atoms with Gasteiger partial charge in [0, 0.05) is 42.6 Å². The molecular formula is C38H41ClN4O4. The lowest BCUT2D eigenvalue weighted by Crippen LogP contribution is -2.38. The van der Waals surface area contributed by atoms with Gasteiger partial charge >= 0.3 is 0 Å². The molecule has 6 rings (SSSR count). The van der Waals surface area contributed by atoms with Crippen molar-refractivity contribution in [2.75, 3.05) is 39.8 Å². The molecule has 1 unspecified atom stereocenters. The Morgan fingerprint density at radius 2 is 1.77 bits per heavy atom. The zero-order valence-electron chi connectivity index (χ0n) is 26.8. The molecule has 0 saturated carbocycles. The summed E-state index contributed by atoms with van der Waals surface area (Å²) in [4.78, 5) is 36.1. The predicted molar refractivity (Wildman–Crippen MR) is 184 cm³/mol. The van der Waals surface area contributed by atoms with E-state index in [9.17, 15) is 9.59 Å². The monoisotopic (exact) mass is 652 g/mol. The van der Waals surface area contributed by atoms with Gasteiger partial charge in [-0.25, -0.2) is 4.98 Å². The van der Waals surface area contributed by atoms with Crippen molar-refractivity contribution in [3.05, 3.63) is 125 Å². The van der Waals surface area contributed by atoms with Gasteiger partial charge in [0.1, 0.15) is 12.4 Å². The highest BCUT2D eigenvalue weighted by atomic mass is 35.5. The minimum atomic E-state index is -0.0794. The Labute approximate surface area is 280 Å². The number of likely N-dealkylation sites (tertiary alicyclic amines) is 1. The summed E-state index contributed by atoms with van der Waals surface area (Å²) in [5.41, 5.74) is 3.57. The number of imidazole rings is 1. The molecule has 0 spiro atoms. The van der Waals surface area contributed by atoms with Crippen LogP contribution in [0.3, 0.4) is 0 Å². The first-order chi connectivity index (χ1) is 23.0. The van der Waals surface area contributed by atoms with Crippen LogP contribution in [0.5, 0.6) is 0 Å². The van der Waals surface area contributed by atoms with Gasteiger partial charge < -0.3 is 23.5 Å². The van der Waals surface area contributed by atoms with Crippen molar-refractivity contribution in [3.8, 4) is 0 Å². The number of carbonyl (C=O) groups excluding carboxylic acids is 2. The number of Topliss-reactive ketones (excluding diaryl/α,β-unsaturated/α-hetero) is 1. The molecule has 8 nitrogen and oxygen atoms in total. The Morgan fingerprint density at radius 1 is 0.979 bits per heavy atom. The number of fused-ring (bicyclic) bond motifs is 1. The third-order valence-corrected chi connectivity index (χ3v) is 9.33. The maximum Gasteiger partial charge on any atom is 0.253 e. The third kappa shape index (κ3) is 8.19. The number of likely N-dealkylation sites (N-methyl/N-ethyl adjacent to an activating group) is 1. The number of halogens is 1. The number of furan rings is 1. The molecule has 0 N–H and O–H groups in total. The van der Waals surface area contributed by atoms with Gasteiger partial charge in [0.05, 0.1) is 23.9 Å². The van der Waals surface area contributed by atoms with Gasteiger partial charge in [0.25, 0.3) is 5.91 Å². The summed E-state index contributed by atoms with van der Waals surface area (Å²) in [7, 11) is 1.86. The topological polar surface area (TPSA) is 80.8 Å². The maximum atomic E-state index is 13.9. The minimum Gasteiger partial charge on any atom is -0.467 e. The zero-order valence-corrected chi connectivity index (χ0v) is 27.5. The van der Waals surface area contributed by atoms with E-state index >= 15 is 0 Å². The fourth-order valence-electron chi connectivity index (χ4n) is 6.49. The molecule has 0 radical (unpaired) electrons. The molecule has 5 aromatic rings. The number of aromatic nitrogens is 2. The van der Waals surface area contributed by atoms with E-state index in [1.54, 1.807) is 11.2 Å². The Kier molecular flexibility index (Phi) is 10.8. The lowest BCUT2D eigenvalue weighted by molar-refractivity contribution is 0.0778. The summed E-state index contributed by atoms with van der Waals surface area (Å²) in [5.74, 6) is 1.44. The molecule has 1 amide bonds. The Bertz CT molecular complexity index is 1760. The molecule has 1 aliphatic rings. The average molecular weight is 653 g/mol. The predicted octanol–water partition coefficient (Wildman–Crippen LogP) is 7.34. The lowest BCUT2D eigenvalue weighted by atomic mass is 9.90. The second-order valence-electron chi connectivity index (χ2n) is 12.3. The van der Waals surface area contributed by atoms with Crippen molar-refractivity contribution in [1.29, 1.82) is 0 Å². The summed E-state index contributed by atoms with van der Waals surface area (Å²) in [5, 5.41) is 0.693. The van der Waals surface area contributed by atoms with Gasteiger partial charge in [0.15, 0.2) is 5.82 Å². The molecule has 1 aliphatic heterocycles. The van der Waals surface area contributed by atoms with Crippen molar-refractivity contribution in [2.24, 2.45) is 5.92 Å². The summed E-state index contributed by atoms with van der Waals surface area (Å²) in [6.45, 7) is 4.50. The molecule has 1 atom stereocenters. The molecule has 1 fully saturated rings. The van der Waals surface area contributed by atoms with Crippen LogP contribution in [-0.4, -0.2) is 70.9 Å². The van der Waals surface area contributed by atoms with Crippen LogP contribution in [0, 0.1) is 5.92 Å². The van der Waals surface area contributed by atoms with Crippen molar-refractivity contribution in [3.63, 3.8) is 0 Å². The molecule has 3 heterocycles. The van der Waals surface area contributed by atoms with E-state index in [1.807, 2.05) is 96.5 Å². The zero-order chi connectivity index (χ0) is 32.6. The summed E-state index contributed by atoms with van der Waals surface area (Å²) in [6, 6.07) is 29.0. The standard InChI is InChI=1S/C38H41ClN4O4/c1-41(38(45)29-9-3-2-4-10-29)26-31(30-11-7-12-32(39)25-30)18-21-42-19-16-28(17-20-42)36(44)37-40-34-14-5-6-15-35(34)43(37)22-24-46-27-33-13-8-23-47-33/h2-15,23,25,28,31H,16-22,24,26-27H2,1H3. The molecule has 1 saturated heterocycles. The van der Waals surface area contributed by atoms with Crippen LogP contribution in [0.2, 0.25) is 5.02 Å². The normalized spacial score (nSPS) is 14.8. The van der Waals surface area contributed by atoms with Crippen molar-refractivity contribution in [2.45, 2.75) is 38.3 Å². The van der Waals surface area contributed by atoms with E-state index in [0.29, 0.717) is 42.7 Å². The number of hydrogen-bond acceptors (Lipinski definition) is 6. The highest BCUT2D eigenvalue weighted by Crippen LogP contribution is 2.28. The largest absolute Gasteiger partial charge is 0.467 e. The van der Waals surface area contributed by atoms with Crippen LogP contribution in [0.4, 0.5) is 0 Å². The number of nitrogens with zero attached hydrogens (tertiary/aromatic N) is 4. The van der Waals surface area contributed by atoms with Crippen LogP contribution in [0.25, 0.3) is 11.0 Å². The molecule has 0 bridgehead atoms. The lowest BCUT2D eigenvalue weighted by Gasteiger charge is -2.33. The molecule has 0 aliphatic carbocycles. The quantitative estimate of drug-likeness (QED) is 0.0923. The van der Waals surface area contributed by atoms with Gasteiger partial charge in [-0.05, 0) is 93.0 Å². The second-order valence-corrected chi connectivity index (χ2v) is 12.7. The summed E-state index contributed by atoms with van der Waals surface area (Å²) >= 11 is 6.38. The van der Waals surface area contributed by atoms with E-state index in [2.05, 4.69) is 11.0 Å². The van der Waals surface area contributed by atoms with Crippen LogP contribution in [0.1, 0.15) is 57.5 Å². The Hall–Kier alpha value is -4.24. The first kappa shape index (κ1) is 32.7. The highest BCUT2D eigenvalue weighted by Gasteiger charge is 2.30. The maximum absolute atomic E-state index is 13.9. The van der Waals surface area contributed by atoms with E-state index in [1.165, 1.54) is 0 Å². The van der Waals surface area contributed by atoms with E-state index < -0.39 is 0 Å². The van der Waals surface area contributed by atoms with Crippen molar-refractivity contribution >= 4 is 34.3 Å². The van der Waals surface area contributed by atoms with Crippen LogP contribution >= 0.6 is 11.6 Å². The number of ether oxygens (including phenoxy) is 1. The fraction of sp³-hybridized carbons (Fsp3) is 0.342. The smallest absolute Gasteiger partial charge is 0.253 e. The minimum absolute atomic E-state index is 0.00654. The molecule has 244 valence electrons. The average Bonchev–Trinajstić information content (AvgIpc) is 3.76. The number of carbonyl (C=O) groups is 2. The van der Waals surface area contributed by atoms with E-state index in [-0.39, 0.29) is 23.5 Å². The second kappa shape index (κ2) is 15.6. The van der Waals surface area contributed by atoms with Crippen LogP contribution in [-0.2, 0) is 17.9 Å². The van der Waals surface area contributed by atoms with Gasteiger partial charge in [-0.15, -0.1) is 0 Å². The van der Waals surface area contributed by atoms with Gasteiger partial charge in [-0.1, -0.05) is 54.1 Å². The molecule has 2 aromatic heterocycles. The molecule has 9 heteroatoms. The number of piperidine rings is 1. The number of ketones is 1. The van der Waals surface area contributed by atoms with Crippen molar-refractivity contribution < 1.29 is 18.7 Å². The van der Waals surface area contributed by atoms with Gasteiger partial charge in [0.2, 0.25) is 5.78 Å². The Balaban J connectivity index is 1.07.